The van der Waals surface area contributed by atoms with Gasteiger partial charge in [-0.25, -0.2) is 0 Å². The first kappa shape index (κ1) is 22.5. The average Bonchev–Trinajstić information content (AvgIpc) is 2.57. The number of aryl methyl sites for hydroxylation is 1. The van der Waals surface area contributed by atoms with Gasteiger partial charge in [0, 0.05) is 11.5 Å². The normalized spacial score (nSPS) is 23.5. The van der Waals surface area contributed by atoms with Crippen LogP contribution in [-0.2, 0) is 15.6 Å². The van der Waals surface area contributed by atoms with E-state index in [1.54, 1.807) is 19.1 Å². The molecule has 0 saturated heterocycles. The molecule has 0 spiro atoms. The van der Waals surface area contributed by atoms with E-state index in [-0.39, 0.29) is 21.1 Å². The van der Waals surface area contributed by atoms with Gasteiger partial charge < -0.3 is 25.3 Å². The highest BCUT2D eigenvalue weighted by Gasteiger charge is 2.46. The molecule has 0 saturated carbocycles. The Balaban J connectivity index is 3.35. The maximum Gasteiger partial charge on any atom is 0.357 e. The quantitative estimate of drug-likeness (QED) is 0.436. The molecule has 0 fully saturated rings. The number of fused-ring (bicyclic) bond motifs is 1. The third kappa shape index (κ3) is 3.63. The van der Waals surface area contributed by atoms with Gasteiger partial charge in [-0.3, -0.25) is 9.13 Å². The molecule has 1 aliphatic rings. The molecular weight excluding hydrogens is 388 g/mol. The maximum absolute atomic E-state index is 12.4. The summed E-state index contributed by atoms with van der Waals surface area (Å²) in [5, 5.41) is 0.191. The predicted molar refractivity (Wildman–Crippen MR) is 107 cm³/mol. The van der Waals surface area contributed by atoms with E-state index >= 15 is 0 Å². The van der Waals surface area contributed by atoms with Gasteiger partial charge >= 0.3 is 15.2 Å². The second-order valence-corrected chi connectivity index (χ2v) is 10.1. The molecule has 1 aliphatic carbocycles. The highest BCUT2D eigenvalue weighted by Crippen LogP contribution is 2.55. The van der Waals surface area contributed by atoms with Crippen molar-refractivity contribution in [2.45, 2.75) is 58.9 Å². The number of benzene rings is 1. The summed E-state index contributed by atoms with van der Waals surface area (Å²) < 4.78 is 24.8. The zero-order chi connectivity index (χ0) is 20.8. The van der Waals surface area contributed by atoms with Gasteiger partial charge in [0.1, 0.15) is 0 Å². The topological polar surface area (TPSA) is 141 Å². The molecule has 0 bridgehead atoms. The Labute approximate surface area is 159 Å². The summed E-state index contributed by atoms with van der Waals surface area (Å²) in [6.07, 6.45) is 1.63. The SMILES string of the molecule is CCC1=c2c(P(=O)(O)O)c(CC)ccc2=C(P(=O)(O)O)C(CC)C1(N)CC. The van der Waals surface area contributed by atoms with Crippen molar-refractivity contribution in [2.75, 3.05) is 0 Å². The molecule has 1 aromatic rings. The Bertz CT molecular complexity index is 961. The lowest BCUT2D eigenvalue weighted by atomic mass is 9.70. The van der Waals surface area contributed by atoms with Gasteiger partial charge in [-0.15, -0.1) is 0 Å². The molecule has 1 aromatic carbocycles. The van der Waals surface area contributed by atoms with Gasteiger partial charge in [-0.1, -0.05) is 39.8 Å². The van der Waals surface area contributed by atoms with Crippen LogP contribution in [0.15, 0.2) is 12.1 Å². The minimum absolute atomic E-state index is 0.112. The highest BCUT2D eigenvalue weighted by atomic mass is 31.2. The monoisotopic (exact) mass is 417 g/mol. The Hall–Kier alpha value is -0.780. The Morgan fingerprint density at radius 2 is 1.59 bits per heavy atom. The van der Waals surface area contributed by atoms with Crippen molar-refractivity contribution >= 4 is 31.4 Å². The third-order valence-corrected chi connectivity index (χ3v) is 7.96. The van der Waals surface area contributed by atoms with Crippen molar-refractivity contribution in [1.29, 1.82) is 0 Å². The lowest BCUT2D eigenvalue weighted by molar-refractivity contribution is 0.355. The van der Waals surface area contributed by atoms with Crippen LogP contribution in [0.5, 0.6) is 0 Å². The smallest absolute Gasteiger partial charge is 0.321 e. The van der Waals surface area contributed by atoms with Crippen molar-refractivity contribution in [1.82, 2.24) is 0 Å². The van der Waals surface area contributed by atoms with Crippen molar-refractivity contribution in [2.24, 2.45) is 11.7 Å². The highest BCUT2D eigenvalue weighted by molar-refractivity contribution is 7.62. The van der Waals surface area contributed by atoms with Crippen LogP contribution < -0.4 is 21.5 Å². The van der Waals surface area contributed by atoms with E-state index in [1.807, 2.05) is 20.8 Å². The van der Waals surface area contributed by atoms with Crippen LogP contribution in [0.3, 0.4) is 0 Å². The first-order chi connectivity index (χ1) is 12.4. The zero-order valence-corrected chi connectivity index (χ0v) is 17.9. The van der Waals surface area contributed by atoms with Gasteiger partial charge in [0.2, 0.25) is 0 Å². The molecule has 0 radical (unpaired) electrons. The number of nitrogens with two attached hydrogens (primary N) is 1. The van der Waals surface area contributed by atoms with Gasteiger partial charge in [-0.2, -0.15) is 0 Å². The maximum atomic E-state index is 12.4. The van der Waals surface area contributed by atoms with Gasteiger partial charge in [0.15, 0.2) is 0 Å². The largest absolute Gasteiger partial charge is 0.357 e. The van der Waals surface area contributed by atoms with E-state index in [2.05, 4.69) is 0 Å². The minimum atomic E-state index is -4.70. The molecule has 0 aliphatic heterocycles. The summed E-state index contributed by atoms with van der Waals surface area (Å²) >= 11 is 0. The molecule has 27 heavy (non-hydrogen) atoms. The number of hydrogen-bond acceptors (Lipinski definition) is 3. The van der Waals surface area contributed by atoms with E-state index in [4.69, 9.17) is 5.73 Å². The predicted octanol–water partition coefficient (Wildman–Crippen LogP) is 1.05. The fourth-order valence-corrected chi connectivity index (χ4v) is 7.00. The van der Waals surface area contributed by atoms with Gasteiger partial charge in [0.05, 0.1) is 10.6 Å². The average molecular weight is 417 g/mol. The summed E-state index contributed by atoms with van der Waals surface area (Å²) in [5.74, 6) is -0.608. The summed E-state index contributed by atoms with van der Waals surface area (Å²) in [6, 6.07) is 3.13. The summed E-state index contributed by atoms with van der Waals surface area (Å²) in [4.78, 5) is 40.4. The molecule has 152 valence electrons. The number of rotatable bonds is 6. The van der Waals surface area contributed by atoms with E-state index in [1.165, 1.54) is 0 Å². The third-order valence-electron chi connectivity index (χ3n) is 5.69. The zero-order valence-electron chi connectivity index (χ0n) is 16.1. The molecule has 0 amide bonds. The molecule has 2 unspecified atom stereocenters. The van der Waals surface area contributed by atoms with Crippen LogP contribution in [0.4, 0.5) is 0 Å². The molecule has 6 N–H and O–H groups in total. The second kappa shape index (κ2) is 7.57. The molecule has 9 heteroatoms. The van der Waals surface area contributed by atoms with Crippen LogP contribution in [0, 0.1) is 5.92 Å². The molecule has 2 rings (SSSR count). The molecule has 2 atom stereocenters. The van der Waals surface area contributed by atoms with Crippen LogP contribution in [0.25, 0.3) is 10.9 Å². The lowest BCUT2D eigenvalue weighted by Gasteiger charge is -2.43. The Kier molecular flexibility index (Phi) is 6.31. The number of hydrogen-bond donors (Lipinski definition) is 5. The van der Waals surface area contributed by atoms with Crippen LogP contribution in [-0.4, -0.2) is 25.1 Å². The van der Waals surface area contributed by atoms with Crippen LogP contribution >= 0.6 is 15.2 Å². The Morgan fingerprint density at radius 3 is 1.96 bits per heavy atom. The van der Waals surface area contributed by atoms with Crippen molar-refractivity contribution in [3.8, 4) is 0 Å². The summed E-state index contributed by atoms with van der Waals surface area (Å²) in [7, 11) is -9.40. The minimum Gasteiger partial charge on any atom is -0.321 e. The summed E-state index contributed by atoms with van der Waals surface area (Å²) in [6.45, 7) is 7.29. The first-order valence-electron chi connectivity index (χ1n) is 9.19. The first-order valence-corrected chi connectivity index (χ1v) is 12.4. The second-order valence-electron chi connectivity index (χ2n) is 7.01. The summed E-state index contributed by atoms with van der Waals surface area (Å²) in [5.41, 5.74) is 6.75. The van der Waals surface area contributed by atoms with Crippen molar-refractivity contribution in [3.63, 3.8) is 0 Å². The van der Waals surface area contributed by atoms with E-state index < -0.39 is 26.6 Å². The molecule has 0 heterocycles. The standard InChI is InChI=1S/C18H29NO6P2/c1-5-11-9-10-12-15(16(11)26(20,21)22)13(6-2)18(19,8-4)14(7-3)17(12)27(23,24)25/h9-10,14H,5-8,19H2,1-4H3,(H2,20,21,22)(H2,23,24,25). The van der Waals surface area contributed by atoms with Crippen LogP contribution in [0.1, 0.15) is 52.5 Å². The van der Waals surface area contributed by atoms with Gasteiger partial charge in [-0.05, 0) is 47.3 Å². The molecule has 0 aromatic heterocycles. The van der Waals surface area contributed by atoms with Crippen molar-refractivity contribution in [3.05, 3.63) is 28.1 Å². The molecule has 7 nitrogen and oxygen atoms in total. The van der Waals surface area contributed by atoms with E-state index in [9.17, 15) is 28.7 Å². The molecular formula is C18H29NO6P2. The van der Waals surface area contributed by atoms with Crippen molar-refractivity contribution < 1.29 is 28.7 Å². The van der Waals surface area contributed by atoms with E-state index in [0.717, 1.165) is 0 Å². The Morgan fingerprint density at radius 1 is 1.00 bits per heavy atom. The fraction of sp³-hybridized carbons (Fsp3) is 0.556. The van der Waals surface area contributed by atoms with E-state index in [0.29, 0.717) is 36.8 Å². The van der Waals surface area contributed by atoms with Gasteiger partial charge in [0.25, 0.3) is 0 Å². The van der Waals surface area contributed by atoms with Crippen LogP contribution in [0.2, 0.25) is 0 Å². The lowest BCUT2D eigenvalue weighted by Crippen LogP contribution is -2.59. The fourth-order valence-electron chi connectivity index (χ4n) is 4.53.